The van der Waals surface area contributed by atoms with Gasteiger partial charge in [-0.1, -0.05) is 6.92 Å². The van der Waals surface area contributed by atoms with Crippen molar-refractivity contribution in [2.24, 2.45) is 0 Å². The monoisotopic (exact) mass is 161 g/mol. The number of hydrogen-bond acceptors (Lipinski definition) is 2. The van der Waals surface area contributed by atoms with Gasteiger partial charge in [-0.25, -0.2) is 0 Å². The van der Waals surface area contributed by atoms with Gasteiger partial charge in [0.05, 0.1) is 0 Å². The fraction of sp³-hybridized carbons (Fsp3) is 0.250. The van der Waals surface area contributed by atoms with Gasteiger partial charge in [-0.15, -0.1) is 0 Å². The summed E-state index contributed by atoms with van der Waals surface area (Å²) in [6, 6.07) is 4.06. The zero-order valence-corrected chi connectivity index (χ0v) is 6.40. The molecule has 4 heteroatoms. The van der Waals surface area contributed by atoms with Crippen molar-refractivity contribution in [2.75, 3.05) is 0 Å². The summed E-state index contributed by atoms with van der Waals surface area (Å²) < 4.78 is 0. The zero-order valence-electron chi connectivity index (χ0n) is 6.40. The van der Waals surface area contributed by atoms with Gasteiger partial charge in [0.2, 0.25) is 0 Å². The second kappa shape index (κ2) is 10.2. The van der Waals surface area contributed by atoms with Crippen LogP contribution < -0.4 is 0 Å². The summed E-state index contributed by atoms with van der Waals surface area (Å²) in [5.41, 5.74) is 1.35. The maximum absolute atomic E-state index is 8.36. The van der Waals surface area contributed by atoms with Gasteiger partial charge in [0.15, 0.2) is 0 Å². The third-order valence-corrected chi connectivity index (χ3v) is 1.16. The van der Waals surface area contributed by atoms with Crippen molar-refractivity contribution >= 4 is 25.3 Å². The van der Waals surface area contributed by atoms with E-state index in [-0.39, 0.29) is 25.3 Å². The molecule has 0 amide bonds. The molecular formula is C8H12LiNO2. The Kier molecular flexibility index (Phi) is 11.7. The predicted molar refractivity (Wildman–Crippen MR) is 49.5 cm³/mol. The van der Waals surface area contributed by atoms with Crippen LogP contribution in [0.1, 0.15) is 12.5 Å². The number of carbonyl (C=O) groups is 1. The minimum absolute atomic E-state index is 0. The average Bonchev–Trinajstić information content (AvgIpc) is 2.08. The molecule has 0 saturated heterocycles. The van der Waals surface area contributed by atoms with E-state index in [0.29, 0.717) is 0 Å². The number of aromatic nitrogens is 1. The molecule has 0 unspecified atom stereocenters. The molecule has 1 heterocycles. The molecule has 0 spiro atoms. The van der Waals surface area contributed by atoms with E-state index in [1.165, 1.54) is 5.56 Å². The maximum atomic E-state index is 8.36. The van der Waals surface area contributed by atoms with Gasteiger partial charge in [-0.3, -0.25) is 9.78 Å². The molecule has 0 fully saturated rings. The summed E-state index contributed by atoms with van der Waals surface area (Å²) in [5, 5.41) is 6.89. The van der Waals surface area contributed by atoms with Crippen molar-refractivity contribution < 1.29 is 9.90 Å². The van der Waals surface area contributed by atoms with Crippen LogP contribution in [0.25, 0.3) is 0 Å². The van der Waals surface area contributed by atoms with Crippen LogP contribution in [0.3, 0.4) is 0 Å². The van der Waals surface area contributed by atoms with Crippen molar-refractivity contribution in [2.45, 2.75) is 13.3 Å². The molecule has 0 bridgehead atoms. The van der Waals surface area contributed by atoms with E-state index in [0.717, 1.165) is 6.42 Å². The minimum atomic E-state index is -0.250. The molecule has 1 aromatic heterocycles. The van der Waals surface area contributed by atoms with Gasteiger partial charge >= 0.3 is 18.9 Å². The molecule has 0 aliphatic carbocycles. The van der Waals surface area contributed by atoms with Crippen LogP contribution >= 0.6 is 0 Å². The molecule has 1 rings (SSSR count). The Bertz CT molecular complexity index is 192. The zero-order chi connectivity index (χ0) is 8.53. The molecule has 3 nitrogen and oxygen atoms in total. The molecule has 0 atom stereocenters. The van der Waals surface area contributed by atoms with E-state index in [1.54, 1.807) is 0 Å². The van der Waals surface area contributed by atoms with Crippen molar-refractivity contribution in [1.82, 2.24) is 4.98 Å². The molecule has 62 valence electrons. The normalized spacial score (nSPS) is 7.08. The Morgan fingerprint density at radius 3 is 2.17 bits per heavy atom. The first-order chi connectivity index (χ1) is 5.35. The van der Waals surface area contributed by atoms with Crippen molar-refractivity contribution in [3.05, 3.63) is 30.1 Å². The van der Waals surface area contributed by atoms with Gasteiger partial charge in [-0.05, 0) is 24.1 Å². The summed E-state index contributed by atoms with van der Waals surface area (Å²) in [7, 11) is 0. The van der Waals surface area contributed by atoms with Crippen LogP contribution in [-0.2, 0) is 11.2 Å². The number of aryl methyl sites for hydroxylation is 1. The number of rotatable bonds is 1. The summed E-state index contributed by atoms with van der Waals surface area (Å²) in [6.07, 6.45) is 4.74. The Hall–Kier alpha value is -0.783. The van der Waals surface area contributed by atoms with E-state index in [4.69, 9.17) is 9.90 Å². The summed E-state index contributed by atoms with van der Waals surface area (Å²) in [5.74, 6) is 0. The molecule has 1 aromatic rings. The molecule has 12 heavy (non-hydrogen) atoms. The molecule has 0 aliphatic rings. The fourth-order valence-electron chi connectivity index (χ4n) is 0.618. The van der Waals surface area contributed by atoms with Gasteiger partial charge in [0.25, 0.3) is 6.47 Å². The molecular weight excluding hydrogens is 149 g/mol. The van der Waals surface area contributed by atoms with Crippen molar-refractivity contribution in [1.29, 1.82) is 0 Å². The average molecular weight is 161 g/mol. The molecule has 0 aliphatic heterocycles. The molecule has 1 N–H and O–H groups in total. The first kappa shape index (κ1) is 13.8. The second-order valence-corrected chi connectivity index (χ2v) is 1.81. The van der Waals surface area contributed by atoms with Gasteiger partial charge < -0.3 is 5.11 Å². The molecule has 0 aromatic carbocycles. The quantitative estimate of drug-likeness (QED) is 0.487. The first-order valence-electron chi connectivity index (χ1n) is 3.31. The van der Waals surface area contributed by atoms with Gasteiger partial charge in [0, 0.05) is 12.4 Å². The van der Waals surface area contributed by atoms with Crippen molar-refractivity contribution in [3.63, 3.8) is 0 Å². The fourth-order valence-corrected chi connectivity index (χ4v) is 0.618. The van der Waals surface area contributed by atoms with Crippen LogP contribution in [0.15, 0.2) is 24.5 Å². The van der Waals surface area contributed by atoms with E-state index in [2.05, 4.69) is 11.9 Å². The Morgan fingerprint density at radius 1 is 1.50 bits per heavy atom. The Labute approximate surface area is 84.0 Å². The van der Waals surface area contributed by atoms with E-state index >= 15 is 0 Å². The standard InChI is InChI=1S/C7H9N.CH2O2.Li.H/c1-2-7-3-5-8-6-4-7;2-1-3;;/h3-6H,2H2,1H3;1H,(H,2,3);;. The molecule has 0 saturated carbocycles. The number of carboxylic acid groups (broad SMARTS) is 1. The van der Waals surface area contributed by atoms with E-state index in [1.807, 2.05) is 24.5 Å². The van der Waals surface area contributed by atoms with E-state index in [9.17, 15) is 0 Å². The van der Waals surface area contributed by atoms with Crippen LogP contribution in [0.5, 0.6) is 0 Å². The van der Waals surface area contributed by atoms with E-state index < -0.39 is 0 Å². The summed E-state index contributed by atoms with van der Waals surface area (Å²) >= 11 is 0. The third kappa shape index (κ3) is 7.33. The summed E-state index contributed by atoms with van der Waals surface area (Å²) in [6.45, 7) is 1.88. The number of nitrogens with zero attached hydrogens (tertiary/aromatic N) is 1. The predicted octanol–water partition coefficient (Wildman–Crippen LogP) is 0.696. The Morgan fingerprint density at radius 2 is 1.92 bits per heavy atom. The van der Waals surface area contributed by atoms with Crippen LogP contribution in [0.2, 0.25) is 0 Å². The van der Waals surface area contributed by atoms with Crippen LogP contribution in [-0.4, -0.2) is 35.4 Å². The van der Waals surface area contributed by atoms with Crippen LogP contribution in [0.4, 0.5) is 0 Å². The summed E-state index contributed by atoms with van der Waals surface area (Å²) in [4.78, 5) is 12.3. The van der Waals surface area contributed by atoms with Gasteiger partial charge in [-0.2, -0.15) is 0 Å². The number of pyridine rings is 1. The second-order valence-electron chi connectivity index (χ2n) is 1.81. The first-order valence-corrected chi connectivity index (χ1v) is 3.31. The topological polar surface area (TPSA) is 50.2 Å². The third-order valence-electron chi connectivity index (χ3n) is 1.16. The SMILES string of the molecule is CCc1ccncc1.O=CO.[LiH]. The molecule has 0 radical (unpaired) electrons. The van der Waals surface area contributed by atoms with Crippen molar-refractivity contribution in [3.8, 4) is 0 Å². The number of hydrogen-bond donors (Lipinski definition) is 1. The Balaban J connectivity index is 0. The van der Waals surface area contributed by atoms with Crippen LogP contribution in [0, 0.1) is 0 Å². The van der Waals surface area contributed by atoms with Gasteiger partial charge in [0.1, 0.15) is 0 Å².